The lowest BCUT2D eigenvalue weighted by Crippen LogP contribution is -2.41. The van der Waals surface area contributed by atoms with Crippen LogP contribution in [0.1, 0.15) is 18.4 Å². The number of alkyl halides is 2. The van der Waals surface area contributed by atoms with E-state index in [4.69, 9.17) is 4.74 Å². The van der Waals surface area contributed by atoms with Gasteiger partial charge in [0.05, 0.1) is 31.9 Å². The SMILES string of the molecule is CCOC(=O)C1=C(CN2CC(F)(F)CC2CO)NC(c2nccs2)=NC1. The molecule has 3 rings (SSSR count). The first-order valence-electron chi connectivity index (χ1n) is 8.26. The number of aromatic nitrogens is 1. The zero-order chi connectivity index (χ0) is 18.7. The summed E-state index contributed by atoms with van der Waals surface area (Å²) in [7, 11) is 0. The zero-order valence-corrected chi connectivity index (χ0v) is 15.1. The molecule has 0 spiro atoms. The van der Waals surface area contributed by atoms with Crippen LogP contribution in [0, 0.1) is 0 Å². The summed E-state index contributed by atoms with van der Waals surface area (Å²) in [4.78, 5) is 22.2. The molecule has 1 fully saturated rings. The minimum Gasteiger partial charge on any atom is -0.463 e. The predicted octanol–water partition coefficient (Wildman–Crippen LogP) is 1.01. The fourth-order valence-corrected chi connectivity index (χ4v) is 3.65. The third-order valence-electron chi connectivity index (χ3n) is 4.24. The molecular formula is C16H20F2N4O3S. The molecule has 1 unspecified atom stereocenters. The maximum absolute atomic E-state index is 13.7. The third kappa shape index (κ3) is 4.08. The number of amidine groups is 1. The highest BCUT2D eigenvalue weighted by atomic mass is 32.1. The van der Waals surface area contributed by atoms with E-state index in [-0.39, 0.29) is 26.3 Å². The predicted molar refractivity (Wildman–Crippen MR) is 92.3 cm³/mol. The Hall–Kier alpha value is -1.91. The number of likely N-dealkylation sites (tertiary alicyclic amines) is 1. The number of carbonyl (C=O) groups is 1. The number of hydrogen-bond donors (Lipinski definition) is 2. The molecule has 0 bridgehead atoms. The molecule has 0 radical (unpaired) electrons. The van der Waals surface area contributed by atoms with Crippen molar-refractivity contribution in [2.45, 2.75) is 25.3 Å². The van der Waals surface area contributed by atoms with Crippen LogP contribution in [-0.4, -0.2) is 71.6 Å². The minimum atomic E-state index is -2.86. The highest BCUT2D eigenvalue weighted by Gasteiger charge is 2.45. The summed E-state index contributed by atoms with van der Waals surface area (Å²) in [6.45, 7) is 1.22. The van der Waals surface area contributed by atoms with Gasteiger partial charge in [0.25, 0.3) is 5.92 Å². The summed E-state index contributed by atoms with van der Waals surface area (Å²) in [5.74, 6) is -2.89. The molecule has 2 N–H and O–H groups in total. The third-order valence-corrected chi connectivity index (χ3v) is 5.02. The summed E-state index contributed by atoms with van der Waals surface area (Å²) in [6.07, 6.45) is 1.23. The Balaban J connectivity index is 1.83. The van der Waals surface area contributed by atoms with Gasteiger partial charge >= 0.3 is 5.97 Å². The topological polar surface area (TPSA) is 87.0 Å². The van der Waals surface area contributed by atoms with Crippen molar-refractivity contribution < 1.29 is 23.4 Å². The highest BCUT2D eigenvalue weighted by Crippen LogP contribution is 2.32. The maximum atomic E-state index is 13.7. The quantitative estimate of drug-likeness (QED) is 0.710. The smallest absolute Gasteiger partial charge is 0.337 e. The molecule has 1 saturated heterocycles. The van der Waals surface area contributed by atoms with Crippen LogP contribution in [0.4, 0.5) is 8.78 Å². The Morgan fingerprint density at radius 2 is 2.38 bits per heavy atom. The van der Waals surface area contributed by atoms with Crippen LogP contribution in [0.3, 0.4) is 0 Å². The van der Waals surface area contributed by atoms with Crippen molar-refractivity contribution in [3.05, 3.63) is 27.9 Å². The summed E-state index contributed by atoms with van der Waals surface area (Å²) >= 11 is 1.38. The lowest BCUT2D eigenvalue weighted by atomic mass is 10.1. The van der Waals surface area contributed by atoms with Gasteiger partial charge in [0.15, 0.2) is 10.8 Å². The molecule has 10 heteroatoms. The van der Waals surface area contributed by atoms with Crippen molar-refractivity contribution in [3.63, 3.8) is 0 Å². The molecule has 142 valence electrons. The van der Waals surface area contributed by atoms with Gasteiger partial charge in [-0.15, -0.1) is 11.3 Å². The molecule has 1 aromatic heterocycles. The number of nitrogens with zero attached hydrogens (tertiary/aromatic N) is 3. The van der Waals surface area contributed by atoms with Crippen molar-refractivity contribution in [2.24, 2.45) is 4.99 Å². The number of halogens is 2. The average Bonchev–Trinajstić information content (AvgIpc) is 3.22. The van der Waals surface area contributed by atoms with Gasteiger partial charge in [0, 0.05) is 36.3 Å². The number of esters is 1. The monoisotopic (exact) mass is 386 g/mol. The molecule has 0 saturated carbocycles. The molecule has 1 atom stereocenters. The largest absolute Gasteiger partial charge is 0.463 e. The van der Waals surface area contributed by atoms with E-state index in [0.29, 0.717) is 22.1 Å². The number of rotatable bonds is 6. The van der Waals surface area contributed by atoms with Crippen LogP contribution < -0.4 is 5.32 Å². The fraction of sp³-hybridized carbons (Fsp3) is 0.562. The Kier molecular flexibility index (Phi) is 5.64. The summed E-state index contributed by atoms with van der Waals surface area (Å²) < 4.78 is 32.6. The minimum absolute atomic E-state index is 0.0688. The Labute approximate surface area is 153 Å². The van der Waals surface area contributed by atoms with Gasteiger partial charge in [-0.25, -0.2) is 18.6 Å². The number of aliphatic imine (C=N–C) groups is 1. The number of thiazole rings is 1. The van der Waals surface area contributed by atoms with E-state index < -0.39 is 30.9 Å². The second kappa shape index (κ2) is 7.77. The van der Waals surface area contributed by atoms with E-state index >= 15 is 0 Å². The van der Waals surface area contributed by atoms with Gasteiger partial charge in [-0.05, 0) is 6.92 Å². The maximum Gasteiger partial charge on any atom is 0.337 e. The molecule has 2 aliphatic rings. The lowest BCUT2D eigenvalue weighted by Gasteiger charge is -2.27. The number of carbonyl (C=O) groups excluding carboxylic acids is 1. The van der Waals surface area contributed by atoms with Crippen molar-refractivity contribution in [2.75, 3.05) is 32.8 Å². The lowest BCUT2D eigenvalue weighted by molar-refractivity contribution is -0.138. The Morgan fingerprint density at radius 1 is 1.58 bits per heavy atom. The van der Waals surface area contributed by atoms with Crippen LogP contribution in [0.15, 0.2) is 27.8 Å². The van der Waals surface area contributed by atoms with E-state index in [1.54, 1.807) is 18.5 Å². The second-order valence-electron chi connectivity index (χ2n) is 6.11. The number of hydrogen-bond acceptors (Lipinski definition) is 8. The van der Waals surface area contributed by atoms with E-state index in [1.807, 2.05) is 0 Å². The van der Waals surface area contributed by atoms with Crippen LogP contribution >= 0.6 is 11.3 Å². The Bertz CT molecular complexity index is 721. The van der Waals surface area contributed by atoms with E-state index in [9.17, 15) is 18.7 Å². The molecule has 7 nitrogen and oxygen atoms in total. The summed E-state index contributed by atoms with van der Waals surface area (Å²) in [5, 5.41) is 14.9. The molecule has 2 aliphatic heterocycles. The Morgan fingerprint density at radius 3 is 3.04 bits per heavy atom. The number of ether oxygens (including phenoxy) is 1. The molecule has 0 amide bonds. The van der Waals surface area contributed by atoms with Gasteiger partial charge in [0.1, 0.15) is 0 Å². The average molecular weight is 386 g/mol. The van der Waals surface area contributed by atoms with Gasteiger partial charge in [-0.3, -0.25) is 9.89 Å². The van der Waals surface area contributed by atoms with Crippen molar-refractivity contribution in [1.82, 2.24) is 15.2 Å². The second-order valence-corrected chi connectivity index (χ2v) is 7.00. The first-order valence-corrected chi connectivity index (χ1v) is 9.14. The van der Waals surface area contributed by atoms with Gasteiger partial charge in [-0.1, -0.05) is 0 Å². The number of aliphatic hydroxyl groups excluding tert-OH is 1. The standard InChI is InChI=1S/C16H20F2N4O3S/c1-2-25-15(24)11-6-20-13(14-19-3-4-26-14)21-12(11)7-22-9-16(17,18)5-10(22)8-23/h3-4,10,23H,2,5-9H2,1H3,(H,20,21). The summed E-state index contributed by atoms with van der Waals surface area (Å²) in [5.41, 5.74) is 0.763. The van der Waals surface area contributed by atoms with Crippen molar-refractivity contribution in [3.8, 4) is 0 Å². The molecule has 1 aromatic rings. The van der Waals surface area contributed by atoms with Crippen LogP contribution in [0.5, 0.6) is 0 Å². The van der Waals surface area contributed by atoms with Crippen LogP contribution in [-0.2, 0) is 9.53 Å². The van der Waals surface area contributed by atoms with E-state index in [1.165, 1.54) is 16.2 Å². The molecule has 0 aromatic carbocycles. The van der Waals surface area contributed by atoms with Crippen LogP contribution in [0.2, 0.25) is 0 Å². The van der Waals surface area contributed by atoms with Gasteiger partial charge in [-0.2, -0.15) is 0 Å². The van der Waals surface area contributed by atoms with E-state index in [2.05, 4.69) is 15.3 Å². The van der Waals surface area contributed by atoms with Crippen LogP contribution in [0.25, 0.3) is 0 Å². The first-order chi connectivity index (χ1) is 12.4. The normalized spacial score (nSPS) is 22.9. The number of aliphatic hydroxyl groups is 1. The summed E-state index contributed by atoms with van der Waals surface area (Å²) in [6, 6.07) is -0.662. The fourth-order valence-electron chi connectivity index (χ4n) is 3.05. The van der Waals surface area contributed by atoms with E-state index in [0.717, 1.165) is 0 Å². The van der Waals surface area contributed by atoms with Crippen molar-refractivity contribution >= 4 is 23.1 Å². The number of nitrogens with one attached hydrogen (secondary N) is 1. The van der Waals surface area contributed by atoms with Crippen molar-refractivity contribution in [1.29, 1.82) is 0 Å². The van der Waals surface area contributed by atoms with Gasteiger partial charge in [0.2, 0.25) is 0 Å². The highest BCUT2D eigenvalue weighted by molar-refractivity contribution is 7.11. The first kappa shape index (κ1) is 18.9. The molecular weight excluding hydrogens is 366 g/mol. The molecule has 0 aliphatic carbocycles. The zero-order valence-electron chi connectivity index (χ0n) is 14.2. The molecule has 26 heavy (non-hydrogen) atoms. The van der Waals surface area contributed by atoms with Gasteiger partial charge < -0.3 is 15.2 Å². The molecule has 3 heterocycles.